The second kappa shape index (κ2) is 11.8. The molecule has 3 N–H and O–H groups in total. The number of halogens is 1. The van der Waals surface area contributed by atoms with Crippen molar-refractivity contribution in [1.29, 1.82) is 0 Å². The maximum atomic E-state index is 13.0. The number of nitrogens with one attached hydrogen (secondary N) is 3. The van der Waals surface area contributed by atoms with Crippen molar-refractivity contribution in [2.24, 2.45) is 5.92 Å². The molecule has 0 aliphatic heterocycles. The van der Waals surface area contributed by atoms with Gasteiger partial charge in [-0.3, -0.25) is 10.1 Å². The van der Waals surface area contributed by atoms with Crippen molar-refractivity contribution in [3.8, 4) is 22.1 Å². The summed E-state index contributed by atoms with van der Waals surface area (Å²) >= 11 is 4.67. The van der Waals surface area contributed by atoms with E-state index in [4.69, 9.17) is 9.47 Å². The zero-order valence-electron chi connectivity index (χ0n) is 19.2. The van der Waals surface area contributed by atoms with Crippen LogP contribution in [0.5, 0.6) is 11.5 Å². The van der Waals surface area contributed by atoms with E-state index in [1.807, 2.05) is 38.1 Å². The van der Waals surface area contributed by atoms with Gasteiger partial charge in [0.1, 0.15) is 22.5 Å². The number of anilines is 2. The van der Waals surface area contributed by atoms with Crippen LogP contribution in [0.25, 0.3) is 10.6 Å². The summed E-state index contributed by atoms with van der Waals surface area (Å²) in [5.41, 5.74) is 1.37. The molecule has 0 unspecified atom stereocenters. The third-order valence-corrected chi connectivity index (χ3v) is 6.55. The van der Waals surface area contributed by atoms with Gasteiger partial charge in [0.15, 0.2) is 0 Å². The van der Waals surface area contributed by atoms with Gasteiger partial charge >= 0.3 is 6.03 Å². The molecule has 1 aromatic heterocycles. The lowest BCUT2D eigenvalue weighted by Gasteiger charge is -2.23. The van der Waals surface area contributed by atoms with Crippen molar-refractivity contribution in [3.63, 3.8) is 0 Å². The Labute approximate surface area is 210 Å². The quantitative estimate of drug-likeness (QED) is 0.341. The van der Waals surface area contributed by atoms with Crippen LogP contribution in [0.15, 0.2) is 46.9 Å². The van der Waals surface area contributed by atoms with Gasteiger partial charge in [0, 0.05) is 33.9 Å². The van der Waals surface area contributed by atoms with Crippen molar-refractivity contribution in [2.75, 3.05) is 24.9 Å². The fraction of sp³-hybridized carbons (Fsp3) is 0.304. The Morgan fingerprint density at radius 2 is 1.68 bits per heavy atom. The Morgan fingerprint density at radius 1 is 1.03 bits per heavy atom. The van der Waals surface area contributed by atoms with Crippen LogP contribution in [0.2, 0.25) is 0 Å². The predicted octanol–water partition coefficient (Wildman–Crippen LogP) is 5.16. The van der Waals surface area contributed by atoms with E-state index in [-0.39, 0.29) is 11.8 Å². The Kier molecular flexibility index (Phi) is 8.83. The molecule has 0 saturated carbocycles. The fourth-order valence-electron chi connectivity index (χ4n) is 3.06. The molecule has 0 radical (unpaired) electrons. The SMILES string of the molecule is CC[C@@H](C)[C@H](NC(=O)Nc1cc(OC)cc(OC)c1)C(=O)Nc1nnc(-c2ccc(Br)cc2)s1. The van der Waals surface area contributed by atoms with Crippen LogP contribution in [0.3, 0.4) is 0 Å². The molecule has 0 aliphatic rings. The zero-order valence-corrected chi connectivity index (χ0v) is 21.6. The second-order valence-electron chi connectivity index (χ2n) is 7.47. The summed E-state index contributed by atoms with van der Waals surface area (Å²) < 4.78 is 11.4. The Hall–Kier alpha value is -3.18. The summed E-state index contributed by atoms with van der Waals surface area (Å²) in [6.07, 6.45) is 0.686. The Balaban J connectivity index is 1.69. The third kappa shape index (κ3) is 6.67. The summed E-state index contributed by atoms with van der Waals surface area (Å²) in [5.74, 6) is 0.572. The molecular formula is C23H26BrN5O4S. The first kappa shape index (κ1) is 25.4. The minimum atomic E-state index is -0.780. The van der Waals surface area contributed by atoms with Gasteiger partial charge in [-0.2, -0.15) is 0 Å². The average Bonchev–Trinajstić information content (AvgIpc) is 3.30. The highest BCUT2D eigenvalue weighted by Crippen LogP contribution is 2.28. The Morgan fingerprint density at radius 3 is 2.26 bits per heavy atom. The van der Waals surface area contributed by atoms with Crippen molar-refractivity contribution in [2.45, 2.75) is 26.3 Å². The number of amides is 3. The molecule has 3 rings (SSSR count). The molecule has 3 aromatic rings. The van der Waals surface area contributed by atoms with Gasteiger partial charge in [0.05, 0.1) is 14.2 Å². The van der Waals surface area contributed by atoms with Crippen LogP contribution >= 0.6 is 27.3 Å². The number of carbonyl (C=O) groups is 2. The Bertz CT molecular complexity index is 1120. The van der Waals surface area contributed by atoms with Gasteiger partial charge in [-0.1, -0.05) is 59.7 Å². The zero-order chi connectivity index (χ0) is 24.7. The van der Waals surface area contributed by atoms with Crippen LogP contribution in [0.1, 0.15) is 20.3 Å². The van der Waals surface area contributed by atoms with Crippen molar-refractivity contribution >= 4 is 50.0 Å². The van der Waals surface area contributed by atoms with E-state index in [1.165, 1.54) is 25.6 Å². The summed E-state index contributed by atoms with van der Waals surface area (Å²) in [6.45, 7) is 3.85. The number of ether oxygens (including phenoxy) is 2. The number of rotatable bonds is 9. The van der Waals surface area contributed by atoms with Crippen LogP contribution in [-0.2, 0) is 4.79 Å². The van der Waals surface area contributed by atoms with Crippen LogP contribution in [0.4, 0.5) is 15.6 Å². The summed E-state index contributed by atoms with van der Waals surface area (Å²) in [5, 5.41) is 17.5. The van der Waals surface area contributed by atoms with Gasteiger partial charge in [0.2, 0.25) is 11.0 Å². The van der Waals surface area contributed by atoms with Gasteiger partial charge in [0.25, 0.3) is 0 Å². The lowest BCUT2D eigenvalue weighted by molar-refractivity contribution is -0.119. The smallest absolute Gasteiger partial charge is 0.319 e. The lowest BCUT2D eigenvalue weighted by Crippen LogP contribution is -2.49. The molecule has 11 heteroatoms. The average molecular weight is 548 g/mol. The van der Waals surface area contributed by atoms with Crippen molar-refractivity contribution < 1.29 is 19.1 Å². The molecule has 1 heterocycles. The van der Waals surface area contributed by atoms with E-state index in [9.17, 15) is 9.59 Å². The van der Waals surface area contributed by atoms with Gasteiger partial charge in [-0.25, -0.2) is 4.79 Å². The maximum absolute atomic E-state index is 13.0. The molecule has 9 nitrogen and oxygen atoms in total. The first-order valence-electron chi connectivity index (χ1n) is 10.5. The van der Waals surface area contributed by atoms with E-state index in [0.717, 1.165) is 10.0 Å². The van der Waals surface area contributed by atoms with Gasteiger partial charge in [-0.15, -0.1) is 10.2 Å². The first-order valence-corrected chi connectivity index (χ1v) is 12.1. The number of hydrogen-bond donors (Lipinski definition) is 3. The summed E-state index contributed by atoms with van der Waals surface area (Å²) in [6, 6.07) is 11.4. The maximum Gasteiger partial charge on any atom is 0.319 e. The number of carbonyl (C=O) groups excluding carboxylic acids is 2. The van der Waals surface area contributed by atoms with E-state index in [2.05, 4.69) is 42.1 Å². The highest BCUT2D eigenvalue weighted by Gasteiger charge is 2.27. The minimum absolute atomic E-state index is 0.121. The number of methoxy groups -OCH3 is 2. The number of aromatic nitrogens is 2. The molecular weight excluding hydrogens is 522 g/mol. The predicted molar refractivity (Wildman–Crippen MR) is 137 cm³/mol. The lowest BCUT2D eigenvalue weighted by atomic mass is 9.98. The first-order chi connectivity index (χ1) is 16.3. The number of hydrogen-bond acceptors (Lipinski definition) is 7. The van der Waals surface area contributed by atoms with Crippen molar-refractivity contribution in [1.82, 2.24) is 15.5 Å². The van der Waals surface area contributed by atoms with E-state index >= 15 is 0 Å². The topological polar surface area (TPSA) is 114 Å². The summed E-state index contributed by atoms with van der Waals surface area (Å²) in [4.78, 5) is 25.7. The molecule has 34 heavy (non-hydrogen) atoms. The van der Waals surface area contributed by atoms with Gasteiger partial charge in [-0.05, 0) is 18.1 Å². The largest absolute Gasteiger partial charge is 0.497 e. The standard InChI is InChI=1S/C23H26BrN5O4S/c1-5-13(2)19(26-22(31)25-16-10-17(32-3)12-18(11-16)33-4)20(30)27-23-29-28-21(34-23)14-6-8-15(24)9-7-14/h6-13,19H,5H2,1-4H3,(H2,25,26,31)(H,27,29,30)/t13-,19+/m1/s1. The molecule has 3 amide bonds. The second-order valence-corrected chi connectivity index (χ2v) is 9.36. The van der Waals surface area contributed by atoms with Crippen molar-refractivity contribution in [3.05, 3.63) is 46.9 Å². The van der Waals surface area contributed by atoms with Gasteiger partial charge < -0.3 is 20.1 Å². The monoisotopic (exact) mass is 547 g/mol. The minimum Gasteiger partial charge on any atom is -0.497 e. The highest BCUT2D eigenvalue weighted by atomic mass is 79.9. The molecule has 0 saturated heterocycles. The number of nitrogens with zero attached hydrogens (tertiary/aromatic N) is 2. The fourth-order valence-corrected chi connectivity index (χ4v) is 4.07. The van der Waals surface area contributed by atoms with E-state index < -0.39 is 12.1 Å². The molecule has 2 aromatic carbocycles. The van der Waals surface area contributed by atoms with E-state index in [1.54, 1.807) is 18.2 Å². The highest BCUT2D eigenvalue weighted by molar-refractivity contribution is 9.10. The number of benzene rings is 2. The van der Waals surface area contributed by atoms with E-state index in [0.29, 0.717) is 33.7 Å². The molecule has 0 fully saturated rings. The molecule has 0 aliphatic carbocycles. The molecule has 2 atom stereocenters. The third-order valence-electron chi connectivity index (χ3n) is 5.14. The summed E-state index contributed by atoms with van der Waals surface area (Å²) in [7, 11) is 3.05. The van der Waals surface area contributed by atoms with Crippen LogP contribution in [0, 0.1) is 5.92 Å². The molecule has 0 spiro atoms. The van der Waals surface area contributed by atoms with Crippen LogP contribution < -0.4 is 25.4 Å². The van der Waals surface area contributed by atoms with Crippen LogP contribution in [-0.4, -0.2) is 42.4 Å². The molecule has 180 valence electrons. The number of urea groups is 1. The molecule has 0 bridgehead atoms. The normalized spacial score (nSPS) is 12.4.